The Morgan fingerprint density at radius 2 is 2.04 bits per heavy atom. The zero-order valence-electron chi connectivity index (χ0n) is 14.5. The van der Waals surface area contributed by atoms with Gasteiger partial charge in [0.15, 0.2) is 5.11 Å². The van der Waals surface area contributed by atoms with Crippen LogP contribution in [0, 0.1) is 5.92 Å². The van der Waals surface area contributed by atoms with Crippen LogP contribution in [0.5, 0.6) is 5.75 Å². The molecule has 1 amide bonds. The minimum atomic E-state index is -0.218. The standard InChI is InChI=1S/C20H22N2O2S/c1-14(2)13-24-17-8-5-7-16(12-17)19(23)21-20(25)22-11-10-15-6-3-4-9-18(15)22/h3-9,12,14H,10-11,13H2,1-2H3,(H,21,23,25). The monoisotopic (exact) mass is 354 g/mol. The van der Waals surface area contributed by atoms with E-state index in [-0.39, 0.29) is 5.91 Å². The summed E-state index contributed by atoms with van der Waals surface area (Å²) in [5.41, 5.74) is 2.86. The smallest absolute Gasteiger partial charge is 0.257 e. The number of amides is 1. The number of fused-ring (bicyclic) bond motifs is 1. The number of anilines is 1. The lowest BCUT2D eigenvalue weighted by Gasteiger charge is -2.20. The number of rotatable bonds is 4. The fraction of sp³-hybridized carbons (Fsp3) is 0.300. The maximum Gasteiger partial charge on any atom is 0.257 e. The molecule has 0 fully saturated rings. The SMILES string of the molecule is CC(C)COc1cccc(C(=O)NC(=S)N2CCc3ccccc32)c1. The lowest BCUT2D eigenvalue weighted by atomic mass is 10.2. The third-order valence-electron chi connectivity index (χ3n) is 4.03. The van der Waals surface area contributed by atoms with Crippen molar-refractivity contribution in [1.82, 2.24) is 5.32 Å². The number of ether oxygens (including phenoxy) is 1. The van der Waals surface area contributed by atoms with Gasteiger partial charge in [-0.2, -0.15) is 0 Å². The van der Waals surface area contributed by atoms with Crippen LogP contribution < -0.4 is 15.0 Å². The molecule has 0 atom stereocenters. The lowest BCUT2D eigenvalue weighted by molar-refractivity contribution is 0.0976. The minimum absolute atomic E-state index is 0.218. The summed E-state index contributed by atoms with van der Waals surface area (Å²) < 4.78 is 5.69. The van der Waals surface area contributed by atoms with Crippen molar-refractivity contribution in [3.05, 3.63) is 59.7 Å². The van der Waals surface area contributed by atoms with Crippen molar-refractivity contribution in [1.29, 1.82) is 0 Å². The largest absolute Gasteiger partial charge is 0.493 e. The fourth-order valence-corrected chi connectivity index (χ4v) is 3.06. The van der Waals surface area contributed by atoms with Crippen molar-refractivity contribution in [2.45, 2.75) is 20.3 Å². The van der Waals surface area contributed by atoms with Crippen molar-refractivity contribution in [2.75, 3.05) is 18.1 Å². The topological polar surface area (TPSA) is 41.6 Å². The van der Waals surface area contributed by atoms with Crippen molar-refractivity contribution in [2.24, 2.45) is 5.92 Å². The molecule has 0 aromatic heterocycles. The highest BCUT2D eigenvalue weighted by molar-refractivity contribution is 7.80. The van der Waals surface area contributed by atoms with Gasteiger partial charge in [0, 0.05) is 17.8 Å². The summed E-state index contributed by atoms with van der Waals surface area (Å²) in [7, 11) is 0. The third kappa shape index (κ3) is 4.17. The van der Waals surface area contributed by atoms with Crippen molar-refractivity contribution >= 4 is 28.9 Å². The number of hydrogen-bond donors (Lipinski definition) is 1. The molecule has 130 valence electrons. The van der Waals surface area contributed by atoms with Crippen LogP contribution in [0.1, 0.15) is 29.8 Å². The van der Waals surface area contributed by atoms with Crippen LogP contribution in [0.15, 0.2) is 48.5 Å². The molecular weight excluding hydrogens is 332 g/mol. The summed E-state index contributed by atoms with van der Waals surface area (Å²) in [6.07, 6.45) is 0.935. The minimum Gasteiger partial charge on any atom is -0.493 e. The van der Waals surface area contributed by atoms with Crippen LogP contribution in [-0.4, -0.2) is 24.2 Å². The third-order valence-corrected chi connectivity index (χ3v) is 4.35. The summed E-state index contributed by atoms with van der Waals surface area (Å²) >= 11 is 5.45. The Morgan fingerprint density at radius 3 is 2.84 bits per heavy atom. The summed E-state index contributed by atoms with van der Waals surface area (Å²) in [4.78, 5) is 14.5. The van der Waals surface area contributed by atoms with Gasteiger partial charge in [-0.05, 0) is 54.4 Å². The Balaban J connectivity index is 1.66. The zero-order chi connectivity index (χ0) is 17.8. The number of thiocarbonyl (C=S) groups is 1. The fourth-order valence-electron chi connectivity index (χ4n) is 2.78. The van der Waals surface area contributed by atoms with Gasteiger partial charge in [0.2, 0.25) is 0 Å². The van der Waals surface area contributed by atoms with Gasteiger partial charge in [0.25, 0.3) is 5.91 Å². The molecule has 1 aliphatic heterocycles. The van der Waals surface area contributed by atoms with Crippen LogP contribution in [0.4, 0.5) is 5.69 Å². The second-order valence-corrected chi connectivity index (χ2v) is 6.91. The average molecular weight is 354 g/mol. The van der Waals surface area contributed by atoms with E-state index in [0.29, 0.717) is 29.0 Å². The molecule has 0 saturated carbocycles. The Morgan fingerprint density at radius 1 is 1.24 bits per heavy atom. The highest BCUT2D eigenvalue weighted by atomic mass is 32.1. The Bertz CT molecular complexity index is 789. The highest BCUT2D eigenvalue weighted by Gasteiger charge is 2.23. The van der Waals surface area contributed by atoms with Gasteiger partial charge in [0.05, 0.1) is 6.61 Å². The van der Waals surface area contributed by atoms with Crippen LogP contribution in [-0.2, 0) is 6.42 Å². The van der Waals surface area contributed by atoms with Gasteiger partial charge in [-0.1, -0.05) is 38.1 Å². The predicted octanol–water partition coefficient (Wildman–Crippen LogP) is 3.80. The molecule has 0 bridgehead atoms. The van der Waals surface area contributed by atoms with Gasteiger partial charge < -0.3 is 9.64 Å². The first-order valence-electron chi connectivity index (χ1n) is 8.48. The second-order valence-electron chi connectivity index (χ2n) is 6.52. The quantitative estimate of drug-likeness (QED) is 0.848. The predicted molar refractivity (Wildman–Crippen MR) is 104 cm³/mol. The average Bonchev–Trinajstić information content (AvgIpc) is 3.04. The van der Waals surface area contributed by atoms with Crippen LogP contribution in [0.3, 0.4) is 0 Å². The molecule has 1 aliphatic rings. The maximum absolute atomic E-state index is 12.5. The van der Waals surface area contributed by atoms with E-state index in [4.69, 9.17) is 17.0 Å². The van der Waals surface area contributed by atoms with E-state index in [1.807, 2.05) is 35.2 Å². The molecule has 4 nitrogen and oxygen atoms in total. The molecule has 2 aromatic carbocycles. The van der Waals surface area contributed by atoms with E-state index in [1.165, 1.54) is 5.56 Å². The van der Waals surface area contributed by atoms with Gasteiger partial charge in [-0.15, -0.1) is 0 Å². The van der Waals surface area contributed by atoms with E-state index in [0.717, 1.165) is 18.7 Å². The summed E-state index contributed by atoms with van der Waals surface area (Å²) in [5, 5.41) is 3.27. The van der Waals surface area contributed by atoms with Gasteiger partial charge in [-0.25, -0.2) is 0 Å². The van der Waals surface area contributed by atoms with Gasteiger partial charge in [0.1, 0.15) is 5.75 Å². The number of hydrogen-bond acceptors (Lipinski definition) is 3. The lowest BCUT2D eigenvalue weighted by Crippen LogP contribution is -2.41. The van der Waals surface area contributed by atoms with Crippen molar-refractivity contribution in [3.8, 4) is 5.75 Å². The van der Waals surface area contributed by atoms with E-state index < -0.39 is 0 Å². The van der Waals surface area contributed by atoms with Gasteiger partial charge in [-0.3, -0.25) is 10.1 Å². The van der Waals surface area contributed by atoms with Crippen molar-refractivity contribution < 1.29 is 9.53 Å². The summed E-state index contributed by atoms with van der Waals surface area (Å²) in [6, 6.07) is 15.3. The Labute approximate surface area is 153 Å². The highest BCUT2D eigenvalue weighted by Crippen LogP contribution is 2.27. The van der Waals surface area contributed by atoms with E-state index in [2.05, 4.69) is 25.2 Å². The molecule has 0 unspecified atom stereocenters. The number of carbonyl (C=O) groups is 1. The number of carbonyl (C=O) groups excluding carboxylic acids is 1. The maximum atomic E-state index is 12.5. The number of para-hydroxylation sites is 1. The Kier molecular flexibility index (Phi) is 5.34. The van der Waals surface area contributed by atoms with Gasteiger partial charge >= 0.3 is 0 Å². The molecule has 25 heavy (non-hydrogen) atoms. The number of benzene rings is 2. The van der Waals surface area contributed by atoms with Crippen LogP contribution in [0.2, 0.25) is 0 Å². The Hall–Kier alpha value is -2.40. The molecule has 0 spiro atoms. The number of nitrogens with one attached hydrogen (secondary N) is 1. The molecule has 0 radical (unpaired) electrons. The van der Waals surface area contributed by atoms with Crippen molar-refractivity contribution in [3.63, 3.8) is 0 Å². The second kappa shape index (κ2) is 7.66. The van der Waals surface area contributed by atoms with Crippen LogP contribution in [0.25, 0.3) is 0 Å². The normalized spacial score (nSPS) is 12.8. The molecule has 2 aromatic rings. The molecular formula is C20H22N2O2S. The molecule has 0 saturated heterocycles. The summed E-state index contributed by atoms with van der Waals surface area (Å²) in [5.74, 6) is 0.906. The van der Waals surface area contributed by atoms with E-state index >= 15 is 0 Å². The molecule has 1 N–H and O–H groups in total. The van der Waals surface area contributed by atoms with E-state index in [1.54, 1.807) is 12.1 Å². The van der Waals surface area contributed by atoms with E-state index in [9.17, 15) is 4.79 Å². The van der Waals surface area contributed by atoms with Crippen LogP contribution >= 0.6 is 12.2 Å². The molecule has 1 heterocycles. The first kappa shape index (κ1) is 17.4. The molecule has 3 rings (SSSR count). The first-order chi connectivity index (χ1) is 12.0. The number of nitrogens with zero attached hydrogens (tertiary/aromatic N) is 1. The first-order valence-corrected chi connectivity index (χ1v) is 8.89. The zero-order valence-corrected chi connectivity index (χ0v) is 15.3. The molecule has 5 heteroatoms. The molecule has 0 aliphatic carbocycles. The summed E-state index contributed by atoms with van der Waals surface area (Å²) in [6.45, 7) is 5.58.